The third-order valence-corrected chi connectivity index (χ3v) is 5.39. The molecular weight excluding hydrogens is 352 g/mol. The Labute approximate surface area is 173 Å². The van der Waals surface area contributed by atoms with E-state index in [1.807, 2.05) is 4.90 Å². The highest BCUT2D eigenvalue weighted by atomic mass is 16.5. The SMILES string of the molecule is CCCCCCC(CCC)OC(=O)CCC(=O)N(CCCCN)C(CC)CC. The summed E-state index contributed by atoms with van der Waals surface area (Å²) in [6.07, 6.45) is 11.7. The molecule has 0 heterocycles. The van der Waals surface area contributed by atoms with Crippen molar-refractivity contribution in [2.45, 2.75) is 123 Å². The lowest BCUT2D eigenvalue weighted by molar-refractivity contribution is -0.152. The molecule has 2 N–H and O–H groups in total. The minimum atomic E-state index is -0.228. The average Bonchev–Trinajstić information content (AvgIpc) is 2.69. The van der Waals surface area contributed by atoms with Gasteiger partial charge in [0, 0.05) is 19.0 Å². The second-order valence-corrected chi connectivity index (χ2v) is 7.80. The Morgan fingerprint density at radius 1 is 0.857 bits per heavy atom. The van der Waals surface area contributed by atoms with Gasteiger partial charge in [0.2, 0.25) is 5.91 Å². The Morgan fingerprint density at radius 2 is 1.57 bits per heavy atom. The second-order valence-electron chi connectivity index (χ2n) is 7.80. The first kappa shape index (κ1) is 26.9. The summed E-state index contributed by atoms with van der Waals surface area (Å²) >= 11 is 0. The van der Waals surface area contributed by atoms with E-state index in [1.165, 1.54) is 19.3 Å². The number of nitrogens with zero attached hydrogens (tertiary/aromatic N) is 1. The van der Waals surface area contributed by atoms with Gasteiger partial charge < -0.3 is 15.4 Å². The molecule has 0 saturated heterocycles. The van der Waals surface area contributed by atoms with E-state index in [0.717, 1.165) is 57.9 Å². The van der Waals surface area contributed by atoms with Crippen molar-refractivity contribution in [2.24, 2.45) is 5.73 Å². The minimum Gasteiger partial charge on any atom is -0.462 e. The summed E-state index contributed by atoms with van der Waals surface area (Å²) in [5.74, 6) is -0.161. The van der Waals surface area contributed by atoms with Gasteiger partial charge in [-0.1, -0.05) is 53.4 Å². The standard InChI is InChI=1S/C23H46N2O3/c1-5-9-10-11-15-21(14-6-2)28-23(27)17-16-22(26)25(19-13-12-18-24)20(7-3)8-4/h20-21H,5-19,24H2,1-4H3. The van der Waals surface area contributed by atoms with Crippen molar-refractivity contribution >= 4 is 11.9 Å². The summed E-state index contributed by atoms with van der Waals surface area (Å²) in [5, 5.41) is 0. The van der Waals surface area contributed by atoms with E-state index < -0.39 is 0 Å². The van der Waals surface area contributed by atoms with Crippen molar-refractivity contribution < 1.29 is 14.3 Å². The van der Waals surface area contributed by atoms with Gasteiger partial charge in [-0.15, -0.1) is 0 Å². The molecule has 0 aliphatic rings. The van der Waals surface area contributed by atoms with Gasteiger partial charge in [0.15, 0.2) is 0 Å². The highest BCUT2D eigenvalue weighted by Gasteiger charge is 2.22. The molecule has 0 aliphatic carbocycles. The summed E-state index contributed by atoms with van der Waals surface area (Å²) < 4.78 is 5.69. The molecule has 0 aromatic rings. The number of amides is 1. The molecule has 0 rings (SSSR count). The molecule has 5 nitrogen and oxygen atoms in total. The lowest BCUT2D eigenvalue weighted by Gasteiger charge is -2.31. The number of carbonyl (C=O) groups excluding carboxylic acids is 2. The van der Waals surface area contributed by atoms with E-state index in [4.69, 9.17) is 10.5 Å². The molecule has 0 fully saturated rings. The third kappa shape index (κ3) is 12.4. The Bertz CT molecular complexity index is 397. The van der Waals surface area contributed by atoms with Crippen molar-refractivity contribution in [3.63, 3.8) is 0 Å². The van der Waals surface area contributed by atoms with Gasteiger partial charge in [0.25, 0.3) is 0 Å². The van der Waals surface area contributed by atoms with Crippen LogP contribution >= 0.6 is 0 Å². The number of ether oxygens (including phenoxy) is 1. The number of hydrogen-bond acceptors (Lipinski definition) is 4. The van der Waals surface area contributed by atoms with Gasteiger partial charge in [-0.25, -0.2) is 0 Å². The first-order chi connectivity index (χ1) is 13.5. The maximum atomic E-state index is 12.7. The van der Waals surface area contributed by atoms with Crippen LogP contribution in [0.25, 0.3) is 0 Å². The molecular formula is C23H46N2O3. The molecule has 28 heavy (non-hydrogen) atoms. The van der Waals surface area contributed by atoms with Crippen LogP contribution < -0.4 is 5.73 Å². The van der Waals surface area contributed by atoms with E-state index in [9.17, 15) is 9.59 Å². The molecule has 0 spiro atoms. The molecule has 0 bridgehead atoms. The van der Waals surface area contributed by atoms with Crippen LogP contribution in [0.1, 0.15) is 111 Å². The third-order valence-electron chi connectivity index (χ3n) is 5.39. The number of hydrogen-bond donors (Lipinski definition) is 1. The van der Waals surface area contributed by atoms with E-state index in [0.29, 0.717) is 6.54 Å². The smallest absolute Gasteiger partial charge is 0.306 e. The van der Waals surface area contributed by atoms with Crippen LogP contribution in [0.15, 0.2) is 0 Å². The molecule has 5 heteroatoms. The first-order valence-electron chi connectivity index (χ1n) is 11.7. The van der Waals surface area contributed by atoms with Crippen LogP contribution in [0, 0.1) is 0 Å². The van der Waals surface area contributed by atoms with Gasteiger partial charge in [-0.3, -0.25) is 9.59 Å². The van der Waals surface area contributed by atoms with Crippen molar-refractivity contribution in [3.8, 4) is 0 Å². The summed E-state index contributed by atoms with van der Waals surface area (Å²) in [6.45, 7) is 9.91. The van der Waals surface area contributed by atoms with Crippen molar-refractivity contribution in [1.29, 1.82) is 0 Å². The molecule has 0 aliphatic heterocycles. The number of carbonyl (C=O) groups is 2. The molecule has 0 saturated carbocycles. The average molecular weight is 399 g/mol. The van der Waals surface area contributed by atoms with Crippen molar-refractivity contribution in [2.75, 3.05) is 13.1 Å². The van der Waals surface area contributed by atoms with Crippen LogP contribution in [0.5, 0.6) is 0 Å². The summed E-state index contributed by atoms with van der Waals surface area (Å²) in [4.78, 5) is 27.0. The van der Waals surface area contributed by atoms with Gasteiger partial charge >= 0.3 is 5.97 Å². The zero-order valence-corrected chi connectivity index (χ0v) is 19.0. The van der Waals surface area contributed by atoms with Crippen LogP contribution in [0.2, 0.25) is 0 Å². The summed E-state index contributed by atoms with van der Waals surface area (Å²) in [7, 11) is 0. The molecule has 0 radical (unpaired) electrons. The van der Waals surface area contributed by atoms with Crippen molar-refractivity contribution in [1.82, 2.24) is 4.90 Å². The predicted molar refractivity (Wildman–Crippen MR) is 117 cm³/mol. The largest absolute Gasteiger partial charge is 0.462 e. The highest BCUT2D eigenvalue weighted by Crippen LogP contribution is 2.16. The number of nitrogens with two attached hydrogens (primary N) is 1. The molecule has 166 valence electrons. The Kier molecular flexibility index (Phi) is 17.3. The van der Waals surface area contributed by atoms with Gasteiger partial charge in [0.1, 0.15) is 6.10 Å². The predicted octanol–water partition coefficient (Wildman–Crippen LogP) is 5.21. The molecule has 1 amide bonds. The second kappa shape index (κ2) is 18.0. The molecule has 1 atom stereocenters. The summed E-state index contributed by atoms with van der Waals surface area (Å²) in [5.41, 5.74) is 5.59. The lowest BCUT2D eigenvalue weighted by Crippen LogP contribution is -2.40. The monoisotopic (exact) mass is 398 g/mol. The van der Waals surface area contributed by atoms with Gasteiger partial charge in [-0.2, -0.15) is 0 Å². The number of unbranched alkanes of at least 4 members (excludes halogenated alkanes) is 4. The van der Waals surface area contributed by atoms with Crippen molar-refractivity contribution in [3.05, 3.63) is 0 Å². The van der Waals surface area contributed by atoms with E-state index in [1.54, 1.807) is 0 Å². The normalized spacial score (nSPS) is 12.2. The Balaban J connectivity index is 4.51. The quantitative estimate of drug-likeness (QED) is 0.254. The van der Waals surface area contributed by atoms with E-state index >= 15 is 0 Å². The van der Waals surface area contributed by atoms with Crippen LogP contribution in [0.3, 0.4) is 0 Å². The van der Waals surface area contributed by atoms with Crippen LogP contribution in [-0.4, -0.2) is 42.0 Å². The van der Waals surface area contributed by atoms with Gasteiger partial charge in [0.05, 0.1) is 6.42 Å². The molecule has 1 unspecified atom stereocenters. The van der Waals surface area contributed by atoms with E-state index in [-0.39, 0.29) is 36.9 Å². The zero-order valence-electron chi connectivity index (χ0n) is 19.0. The minimum absolute atomic E-state index is 0.00384. The fourth-order valence-corrected chi connectivity index (χ4v) is 3.65. The number of rotatable bonds is 18. The van der Waals surface area contributed by atoms with Crippen LogP contribution in [-0.2, 0) is 14.3 Å². The zero-order chi connectivity index (χ0) is 21.2. The topological polar surface area (TPSA) is 72.6 Å². The first-order valence-corrected chi connectivity index (χ1v) is 11.7. The lowest BCUT2D eigenvalue weighted by atomic mass is 10.1. The highest BCUT2D eigenvalue weighted by molar-refractivity contribution is 5.81. The van der Waals surface area contributed by atoms with Gasteiger partial charge in [-0.05, 0) is 51.5 Å². The van der Waals surface area contributed by atoms with E-state index in [2.05, 4.69) is 27.7 Å². The fourth-order valence-electron chi connectivity index (χ4n) is 3.65. The maximum Gasteiger partial charge on any atom is 0.306 e. The number of esters is 1. The fraction of sp³-hybridized carbons (Fsp3) is 0.913. The molecule has 0 aromatic carbocycles. The Hall–Kier alpha value is -1.10. The maximum absolute atomic E-state index is 12.7. The summed E-state index contributed by atoms with van der Waals surface area (Å²) in [6, 6.07) is 0.243. The molecule has 0 aromatic heterocycles. The van der Waals surface area contributed by atoms with Crippen LogP contribution in [0.4, 0.5) is 0 Å². The Morgan fingerprint density at radius 3 is 2.14 bits per heavy atom.